The minimum atomic E-state index is -0.254. The van der Waals surface area contributed by atoms with Crippen LogP contribution in [0.15, 0.2) is 78.9 Å². The van der Waals surface area contributed by atoms with Crippen LogP contribution in [0.4, 0.5) is 11.4 Å². The van der Waals surface area contributed by atoms with Gasteiger partial charge in [0.25, 0.3) is 11.8 Å². The van der Waals surface area contributed by atoms with Gasteiger partial charge in [-0.3, -0.25) is 14.4 Å². The van der Waals surface area contributed by atoms with E-state index in [1.54, 1.807) is 48.5 Å². The third-order valence-electron chi connectivity index (χ3n) is 5.82. The molecule has 1 saturated heterocycles. The molecule has 1 unspecified atom stereocenters. The second-order valence-electron chi connectivity index (χ2n) is 8.57. The van der Waals surface area contributed by atoms with Gasteiger partial charge in [-0.15, -0.1) is 0 Å². The summed E-state index contributed by atoms with van der Waals surface area (Å²) in [5.41, 5.74) is 3.27. The van der Waals surface area contributed by atoms with Crippen molar-refractivity contribution in [2.75, 3.05) is 30.3 Å². The molecule has 8 heteroatoms. The van der Waals surface area contributed by atoms with Gasteiger partial charge in [0.2, 0.25) is 5.91 Å². The quantitative estimate of drug-likeness (QED) is 0.350. The predicted octanol–water partition coefficient (Wildman–Crippen LogP) is 3.58. The van der Waals surface area contributed by atoms with Crippen molar-refractivity contribution in [3.63, 3.8) is 0 Å². The molecule has 0 bridgehead atoms. The fraction of sp³-hybridized carbons (Fsp3) is 0.250. The molecule has 0 aliphatic carbocycles. The first-order valence-corrected chi connectivity index (χ1v) is 12.0. The molecule has 0 aromatic heterocycles. The highest BCUT2D eigenvalue weighted by Gasteiger charge is 2.16. The molecular weight excluding hydrogens is 456 g/mol. The molecule has 3 amide bonds. The number of rotatable bonds is 10. The van der Waals surface area contributed by atoms with Crippen molar-refractivity contribution in [2.45, 2.75) is 25.5 Å². The summed E-state index contributed by atoms with van der Waals surface area (Å²) < 4.78 is 5.52. The molecule has 1 atom stereocenters. The lowest BCUT2D eigenvalue weighted by atomic mass is 10.1. The van der Waals surface area contributed by atoms with E-state index >= 15 is 0 Å². The van der Waals surface area contributed by atoms with Gasteiger partial charge in [-0.1, -0.05) is 36.4 Å². The van der Waals surface area contributed by atoms with Crippen LogP contribution in [0, 0.1) is 0 Å². The van der Waals surface area contributed by atoms with Gasteiger partial charge in [0.1, 0.15) is 0 Å². The number of hydrogen-bond donors (Lipinski definition) is 4. The predicted molar refractivity (Wildman–Crippen MR) is 139 cm³/mol. The van der Waals surface area contributed by atoms with Gasteiger partial charge in [-0.05, 0) is 60.9 Å². The standard InChI is InChI=1S/C28H30N4O4/c33-26(19-29-23-13-11-21(12-14-23)27(34)31-18-25-10-5-15-36-25)32-24-9-4-8-22(16-24)28(35)30-17-20-6-2-1-3-7-20/h1-4,6-9,11-14,16,25,29H,5,10,15,17-19H2,(H,30,35)(H,31,34)(H,32,33). The van der Waals surface area contributed by atoms with E-state index in [1.807, 2.05) is 30.3 Å². The molecule has 1 heterocycles. The van der Waals surface area contributed by atoms with Crippen molar-refractivity contribution in [3.05, 3.63) is 95.6 Å². The van der Waals surface area contributed by atoms with Gasteiger partial charge in [0.05, 0.1) is 12.6 Å². The lowest BCUT2D eigenvalue weighted by Crippen LogP contribution is -2.31. The molecule has 1 fully saturated rings. The van der Waals surface area contributed by atoms with Crippen LogP contribution in [0.25, 0.3) is 0 Å². The molecule has 4 N–H and O–H groups in total. The van der Waals surface area contributed by atoms with Crippen LogP contribution in [-0.4, -0.2) is 43.5 Å². The lowest BCUT2D eigenvalue weighted by Gasteiger charge is -2.12. The second kappa shape index (κ2) is 12.5. The first-order valence-electron chi connectivity index (χ1n) is 12.0. The van der Waals surface area contributed by atoms with Gasteiger partial charge in [-0.25, -0.2) is 0 Å². The third kappa shape index (κ3) is 7.41. The summed E-state index contributed by atoms with van der Waals surface area (Å²) in [4.78, 5) is 37.2. The van der Waals surface area contributed by atoms with E-state index in [2.05, 4.69) is 21.3 Å². The Hall–Kier alpha value is -4.17. The van der Waals surface area contributed by atoms with Crippen molar-refractivity contribution < 1.29 is 19.1 Å². The van der Waals surface area contributed by atoms with E-state index in [-0.39, 0.29) is 30.4 Å². The van der Waals surface area contributed by atoms with Gasteiger partial charge in [0, 0.05) is 42.2 Å². The van der Waals surface area contributed by atoms with Crippen LogP contribution in [-0.2, 0) is 16.1 Å². The van der Waals surface area contributed by atoms with Crippen LogP contribution in [0.5, 0.6) is 0 Å². The minimum Gasteiger partial charge on any atom is -0.376 e. The van der Waals surface area contributed by atoms with Gasteiger partial charge < -0.3 is 26.0 Å². The Labute approximate surface area is 210 Å². The average molecular weight is 487 g/mol. The minimum absolute atomic E-state index is 0.0367. The number of carbonyl (C=O) groups excluding carboxylic acids is 3. The summed E-state index contributed by atoms with van der Waals surface area (Å²) in [5, 5.41) is 11.6. The summed E-state index contributed by atoms with van der Waals surface area (Å²) in [5.74, 6) is -0.620. The molecular formula is C28H30N4O4. The fourth-order valence-corrected chi connectivity index (χ4v) is 3.86. The van der Waals surface area contributed by atoms with E-state index in [9.17, 15) is 14.4 Å². The highest BCUT2D eigenvalue weighted by atomic mass is 16.5. The van der Waals surface area contributed by atoms with Crippen LogP contribution in [0.1, 0.15) is 39.1 Å². The Bertz CT molecular complexity index is 1180. The van der Waals surface area contributed by atoms with Crippen molar-refractivity contribution >= 4 is 29.1 Å². The molecule has 0 radical (unpaired) electrons. The Morgan fingerprint density at radius 3 is 2.33 bits per heavy atom. The van der Waals surface area contributed by atoms with E-state index < -0.39 is 0 Å². The second-order valence-corrected chi connectivity index (χ2v) is 8.57. The number of amides is 3. The Kier molecular flexibility index (Phi) is 8.67. The van der Waals surface area contributed by atoms with Crippen LogP contribution < -0.4 is 21.3 Å². The monoisotopic (exact) mass is 486 g/mol. The first kappa shape index (κ1) is 24.9. The maximum atomic E-state index is 12.5. The van der Waals surface area contributed by atoms with Crippen molar-refractivity contribution in [1.82, 2.24) is 10.6 Å². The van der Waals surface area contributed by atoms with E-state index in [0.717, 1.165) is 30.7 Å². The first-order chi connectivity index (χ1) is 17.6. The molecule has 36 heavy (non-hydrogen) atoms. The normalized spacial score (nSPS) is 14.6. The topological polar surface area (TPSA) is 109 Å². The highest BCUT2D eigenvalue weighted by molar-refractivity contribution is 5.98. The zero-order valence-electron chi connectivity index (χ0n) is 20.0. The molecule has 3 aromatic carbocycles. The average Bonchev–Trinajstić information content (AvgIpc) is 3.44. The van der Waals surface area contributed by atoms with Gasteiger partial charge >= 0.3 is 0 Å². The van der Waals surface area contributed by atoms with E-state index in [4.69, 9.17) is 4.74 Å². The van der Waals surface area contributed by atoms with Crippen molar-refractivity contribution in [1.29, 1.82) is 0 Å². The number of benzene rings is 3. The number of carbonyl (C=O) groups is 3. The smallest absolute Gasteiger partial charge is 0.251 e. The van der Waals surface area contributed by atoms with E-state index in [0.29, 0.717) is 29.9 Å². The summed E-state index contributed by atoms with van der Waals surface area (Å²) >= 11 is 0. The molecule has 186 valence electrons. The summed E-state index contributed by atoms with van der Waals surface area (Å²) in [6.45, 7) is 1.73. The molecule has 1 aliphatic heterocycles. The molecule has 3 aromatic rings. The van der Waals surface area contributed by atoms with E-state index in [1.165, 1.54) is 0 Å². The Balaban J connectivity index is 1.22. The third-order valence-corrected chi connectivity index (χ3v) is 5.82. The van der Waals surface area contributed by atoms with Gasteiger partial charge in [-0.2, -0.15) is 0 Å². The maximum Gasteiger partial charge on any atom is 0.251 e. The zero-order chi connectivity index (χ0) is 25.2. The molecule has 8 nitrogen and oxygen atoms in total. The number of nitrogens with one attached hydrogen (secondary N) is 4. The fourth-order valence-electron chi connectivity index (χ4n) is 3.86. The zero-order valence-corrected chi connectivity index (χ0v) is 20.0. The van der Waals surface area contributed by atoms with Crippen molar-refractivity contribution in [3.8, 4) is 0 Å². The summed E-state index contributed by atoms with van der Waals surface area (Å²) in [6, 6.07) is 23.4. The Morgan fingerprint density at radius 2 is 1.58 bits per heavy atom. The highest BCUT2D eigenvalue weighted by Crippen LogP contribution is 2.14. The number of ether oxygens (including phenoxy) is 1. The largest absolute Gasteiger partial charge is 0.376 e. The number of hydrogen-bond acceptors (Lipinski definition) is 5. The molecule has 0 saturated carbocycles. The molecule has 1 aliphatic rings. The summed E-state index contributed by atoms with van der Waals surface area (Å²) in [7, 11) is 0. The SMILES string of the molecule is O=C(CNc1ccc(C(=O)NCC2CCCO2)cc1)Nc1cccc(C(=O)NCc2ccccc2)c1. The van der Waals surface area contributed by atoms with Crippen LogP contribution in [0.3, 0.4) is 0 Å². The van der Waals surface area contributed by atoms with Crippen LogP contribution >= 0.6 is 0 Å². The lowest BCUT2D eigenvalue weighted by molar-refractivity contribution is -0.114. The number of anilines is 2. The van der Waals surface area contributed by atoms with Gasteiger partial charge in [0.15, 0.2) is 0 Å². The maximum absolute atomic E-state index is 12.5. The summed E-state index contributed by atoms with van der Waals surface area (Å²) in [6.07, 6.45) is 2.10. The van der Waals surface area contributed by atoms with Crippen LogP contribution in [0.2, 0.25) is 0 Å². The van der Waals surface area contributed by atoms with Crippen molar-refractivity contribution in [2.24, 2.45) is 0 Å². The molecule has 0 spiro atoms. The Morgan fingerprint density at radius 1 is 0.806 bits per heavy atom. The molecule has 4 rings (SSSR count).